The number of hydrogen-bond donors (Lipinski definition) is 1. The van der Waals surface area contributed by atoms with Crippen LogP contribution >= 0.6 is 11.3 Å². The number of fused-ring (bicyclic) bond motifs is 1. The highest BCUT2D eigenvalue weighted by atomic mass is 32.1. The van der Waals surface area contributed by atoms with Crippen LogP contribution < -0.4 is 10.2 Å². The molecule has 1 amide bonds. The molecule has 0 aliphatic carbocycles. The molecule has 130 valence electrons. The van der Waals surface area contributed by atoms with E-state index in [1.54, 1.807) is 17.5 Å². The molecule has 0 radical (unpaired) electrons. The van der Waals surface area contributed by atoms with Gasteiger partial charge in [0, 0.05) is 19.3 Å². The van der Waals surface area contributed by atoms with Gasteiger partial charge in [-0.25, -0.2) is 9.97 Å². The number of anilines is 1. The third kappa shape index (κ3) is 3.51. The number of aromatic nitrogens is 2. The van der Waals surface area contributed by atoms with Crippen LogP contribution in [0.1, 0.15) is 24.4 Å². The number of furan rings is 1. The molecule has 25 heavy (non-hydrogen) atoms. The van der Waals surface area contributed by atoms with Gasteiger partial charge in [-0.15, -0.1) is 0 Å². The van der Waals surface area contributed by atoms with Gasteiger partial charge in [0.05, 0.1) is 12.5 Å². The summed E-state index contributed by atoms with van der Waals surface area (Å²) in [5.41, 5.74) is 0.919. The van der Waals surface area contributed by atoms with Crippen LogP contribution in [-0.4, -0.2) is 29.0 Å². The number of aryl methyl sites for hydroxylation is 1. The Morgan fingerprint density at radius 3 is 3.16 bits per heavy atom. The van der Waals surface area contributed by atoms with Crippen molar-refractivity contribution in [3.05, 3.63) is 42.0 Å². The van der Waals surface area contributed by atoms with Crippen molar-refractivity contribution in [2.24, 2.45) is 5.92 Å². The fourth-order valence-corrected chi connectivity index (χ4v) is 4.10. The average molecular weight is 356 g/mol. The number of nitrogens with zero attached hydrogens (tertiary/aromatic N) is 3. The lowest BCUT2D eigenvalue weighted by atomic mass is 9.97. The Kier molecular flexibility index (Phi) is 4.40. The van der Waals surface area contributed by atoms with Gasteiger partial charge in [0.1, 0.15) is 21.9 Å². The molecule has 4 rings (SSSR count). The molecule has 0 bridgehead atoms. The monoisotopic (exact) mass is 356 g/mol. The zero-order valence-corrected chi connectivity index (χ0v) is 14.9. The van der Waals surface area contributed by atoms with Gasteiger partial charge in [-0.1, -0.05) is 11.3 Å². The third-order valence-electron chi connectivity index (χ3n) is 4.45. The van der Waals surface area contributed by atoms with Crippen molar-refractivity contribution in [2.75, 3.05) is 18.0 Å². The smallest absolute Gasteiger partial charge is 0.225 e. The van der Waals surface area contributed by atoms with E-state index in [1.165, 1.54) is 0 Å². The predicted molar refractivity (Wildman–Crippen MR) is 97.6 cm³/mol. The van der Waals surface area contributed by atoms with Gasteiger partial charge in [0.25, 0.3) is 0 Å². The van der Waals surface area contributed by atoms with Crippen LogP contribution in [0, 0.1) is 12.8 Å². The maximum absolute atomic E-state index is 12.5. The molecule has 1 fully saturated rings. The van der Waals surface area contributed by atoms with Gasteiger partial charge in [-0.3, -0.25) is 4.79 Å². The van der Waals surface area contributed by atoms with E-state index in [0.717, 1.165) is 46.4 Å². The van der Waals surface area contributed by atoms with Crippen molar-refractivity contribution >= 4 is 32.7 Å². The van der Waals surface area contributed by atoms with Crippen molar-refractivity contribution in [2.45, 2.75) is 26.3 Å². The van der Waals surface area contributed by atoms with Crippen LogP contribution in [0.15, 0.2) is 34.9 Å². The molecule has 0 aromatic carbocycles. The van der Waals surface area contributed by atoms with E-state index >= 15 is 0 Å². The van der Waals surface area contributed by atoms with Crippen molar-refractivity contribution in [3.8, 4) is 0 Å². The maximum atomic E-state index is 12.5. The SMILES string of the molecule is Cc1ccc(CNC(=O)C2CCCN(c3nc4cccnc4s3)C2)o1. The molecule has 0 saturated carbocycles. The molecule has 7 heteroatoms. The van der Waals surface area contributed by atoms with E-state index < -0.39 is 0 Å². The number of thiazole rings is 1. The Hall–Kier alpha value is -2.41. The number of carbonyl (C=O) groups is 1. The first-order valence-corrected chi connectivity index (χ1v) is 9.30. The van der Waals surface area contributed by atoms with E-state index in [1.807, 2.05) is 31.2 Å². The summed E-state index contributed by atoms with van der Waals surface area (Å²) in [6.45, 7) is 3.97. The van der Waals surface area contributed by atoms with Gasteiger partial charge in [-0.05, 0) is 44.0 Å². The lowest BCUT2D eigenvalue weighted by Crippen LogP contribution is -2.42. The van der Waals surface area contributed by atoms with Gasteiger partial charge < -0.3 is 14.6 Å². The normalized spacial score (nSPS) is 17.8. The van der Waals surface area contributed by atoms with Gasteiger partial charge in [0.2, 0.25) is 5.91 Å². The lowest BCUT2D eigenvalue weighted by molar-refractivity contribution is -0.125. The highest BCUT2D eigenvalue weighted by Crippen LogP contribution is 2.30. The summed E-state index contributed by atoms with van der Waals surface area (Å²) in [7, 11) is 0. The molecular formula is C18H20N4O2S. The second-order valence-electron chi connectivity index (χ2n) is 6.34. The molecule has 3 aromatic heterocycles. The quantitative estimate of drug-likeness (QED) is 0.778. The largest absolute Gasteiger partial charge is 0.465 e. The Morgan fingerprint density at radius 2 is 2.36 bits per heavy atom. The zero-order chi connectivity index (χ0) is 17.2. The molecule has 3 aromatic rings. The van der Waals surface area contributed by atoms with Crippen LogP contribution in [0.3, 0.4) is 0 Å². The van der Waals surface area contributed by atoms with E-state index in [0.29, 0.717) is 13.1 Å². The van der Waals surface area contributed by atoms with Gasteiger partial charge in [-0.2, -0.15) is 0 Å². The fraction of sp³-hybridized carbons (Fsp3) is 0.389. The second-order valence-corrected chi connectivity index (χ2v) is 7.30. The Morgan fingerprint density at radius 1 is 1.44 bits per heavy atom. The van der Waals surface area contributed by atoms with Crippen molar-refractivity contribution in [1.82, 2.24) is 15.3 Å². The van der Waals surface area contributed by atoms with Crippen molar-refractivity contribution in [1.29, 1.82) is 0 Å². The van der Waals surface area contributed by atoms with Crippen molar-refractivity contribution in [3.63, 3.8) is 0 Å². The highest BCUT2D eigenvalue weighted by Gasteiger charge is 2.27. The first kappa shape index (κ1) is 16.1. The van der Waals surface area contributed by atoms with Crippen LogP contribution in [0.2, 0.25) is 0 Å². The van der Waals surface area contributed by atoms with Gasteiger partial charge in [0.15, 0.2) is 5.13 Å². The summed E-state index contributed by atoms with van der Waals surface area (Å²) in [6.07, 6.45) is 3.68. The third-order valence-corrected chi connectivity index (χ3v) is 5.49. The molecular weight excluding hydrogens is 336 g/mol. The van der Waals surface area contributed by atoms with Crippen LogP contribution in [-0.2, 0) is 11.3 Å². The molecule has 1 aliphatic heterocycles. The maximum Gasteiger partial charge on any atom is 0.225 e. The standard InChI is InChI=1S/C18H20N4O2S/c1-12-6-7-14(24-12)10-20-16(23)13-4-3-9-22(11-13)18-21-15-5-2-8-19-17(15)25-18/h2,5-8,13H,3-4,9-11H2,1H3,(H,20,23). The molecule has 4 heterocycles. The molecule has 1 unspecified atom stereocenters. The molecule has 6 nitrogen and oxygen atoms in total. The number of piperidine rings is 1. The van der Waals surface area contributed by atoms with Crippen LogP contribution in [0.4, 0.5) is 5.13 Å². The van der Waals surface area contributed by atoms with Crippen molar-refractivity contribution < 1.29 is 9.21 Å². The minimum Gasteiger partial charge on any atom is -0.465 e. The Labute approximate surface area is 149 Å². The zero-order valence-electron chi connectivity index (χ0n) is 14.1. The summed E-state index contributed by atoms with van der Waals surface area (Å²) < 4.78 is 5.50. The van der Waals surface area contributed by atoms with Crippen LogP contribution in [0.5, 0.6) is 0 Å². The van der Waals surface area contributed by atoms with Crippen LogP contribution in [0.25, 0.3) is 10.3 Å². The molecule has 1 saturated heterocycles. The summed E-state index contributed by atoms with van der Waals surface area (Å²) >= 11 is 1.59. The number of nitrogens with one attached hydrogen (secondary N) is 1. The summed E-state index contributed by atoms with van der Waals surface area (Å²) in [4.78, 5) is 24.7. The second kappa shape index (κ2) is 6.84. The lowest BCUT2D eigenvalue weighted by Gasteiger charge is -2.31. The molecule has 1 atom stereocenters. The molecule has 1 aliphatic rings. The van der Waals surface area contributed by atoms with E-state index in [2.05, 4.69) is 20.2 Å². The fourth-order valence-electron chi connectivity index (χ4n) is 3.16. The summed E-state index contributed by atoms with van der Waals surface area (Å²) in [6, 6.07) is 7.68. The van der Waals surface area contributed by atoms with E-state index in [9.17, 15) is 4.79 Å². The topological polar surface area (TPSA) is 71.3 Å². The number of pyridine rings is 1. The first-order chi connectivity index (χ1) is 12.2. The van der Waals surface area contributed by atoms with E-state index in [4.69, 9.17) is 4.42 Å². The minimum atomic E-state index is -0.0234. The number of rotatable bonds is 4. The summed E-state index contributed by atoms with van der Waals surface area (Å²) in [5, 5.41) is 3.94. The summed E-state index contributed by atoms with van der Waals surface area (Å²) in [5.74, 6) is 1.70. The average Bonchev–Trinajstić information content (AvgIpc) is 3.25. The molecule has 0 spiro atoms. The Bertz CT molecular complexity index is 855. The van der Waals surface area contributed by atoms with E-state index in [-0.39, 0.29) is 11.8 Å². The molecule has 1 N–H and O–H groups in total. The first-order valence-electron chi connectivity index (χ1n) is 8.48. The Balaban J connectivity index is 1.40. The highest BCUT2D eigenvalue weighted by molar-refractivity contribution is 7.21. The number of hydrogen-bond acceptors (Lipinski definition) is 6. The van der Waals surface area contributed by atoms with Gasteiger partial charge >= 0.3 is 0 Å². The minimum absolute atomic E-state index is 0.0234. The number of carbonyl (C=O) groups excluding carboxylic acids is 1. The number of amides is 1. The predicted octanol–water partition coefficient (Wildman–Crippen LogP) is 3.13.